The third-order valence-electron chi connectivity index (χ3n) is 2.76. The second-order valence-electron chi connectivity index (χ2n) is 4.34. The molecule has 3 heteroatoms. The fourth-order valence-corrected chi connectivity index (χ4v) is 2.12. The molecule has 2 N–H and O–H groups in total. The summed E-state index contributed by atoms with van der Waals surface area (Å²) in [6.07, 6.45) is 0.808. The summed E-state index contributed by atoms with van der Waals surface area (Å²) in [7, 11) is 0. The first-order valence-corrected chi connectivity index (χ1v) is 6.52. The van der Waals surface area contributed by atoms with Crippen LogP contribution < -0.4 is 5.32 Å². The summed E-state index contributed by atoms with van der Waals surface area (Å²) in [5.41, 5.74) is 1.26. The molecular weight excluding hydrogens is 266 g/mol. The largest absolute Gasteiger partial charge is 0.396 e. The maximum atomic E-state index is 8.99. The normalized spacial score (nSPS) is 13.1. The fraction of sp³-hybridized carbons (Fsp3) is 0.538. The highest BCUT2D eigenvalue weighted by Crippen LogP contribution is 2.16. The van der Waals surface area contributed by atoms with Crippen molar-refractivity contribution in [1.82, 2.24) is 5.32 Å². The summed E-state index contributed by atoms with van der Waals surface area (Å²) in [5.74, 6) is 0.537. The average Bonchev–Trinajstić information content (AvgIpc) is 2.26. The highest BCUT2D eigenvalue weighted by molar-refractivity contribution is 9.10. The maximum absolute atomic E-state index is 8.99. The van der Waals surface area contributed by atoms with Crippen LogP contribution in [0.2, 0.25) is 0 Å². The van der Waals surface area contributed by atoms with E-state index >= 15 is 0 Å². The van der Waals surface area contributed by atoms with Gasteiger partial charge in [0, 0.05) is 23.7 Å². The van der Waals surface area contributed by atoms with Crippen LogP contribution in [-0.4, -0.2) is 17.8 Å². The zero-order valence-electron chi connectivity index (χ0n) is 9.91. The Bertz CT molecular complexity index is 315. The molecule has 0 bridgehead atoms. The van der Waals surface area contributed by atoms with E-state index in [0.717, 1.165) is 17.4 Å². The number of rotatable bonds is 6. The summed E-state index contributed by atoms with van der Waals surface area (Å²) < 4.78 is 1.13. The minimum absolute atomic E-state index is 0.242. The van der Waals surface area contributed by atoms with Gasteiger partial charge in [-0.05, 0) is 24.0 Å². The van der Waals surface area contributed by atoms with Crippen molar-refractivity contribution in [3.8, 4) is 0 Å². The van der Waals surface area contributed by atoms with Crippen LogP contribution in [0.25, 0.3) is 0 Å². The minimum Gasteiger partial charge on any atom is -0.396 e. The van der Waals surface area contributed by atoms with Crippen molar-refractivity contribution in [3.05, 3.63) is 34.3 Å². The first kappa shape index (κ1) is 13.7. The van der Waals surface area contributed by atoms with Crippen LogP contribution in [0, 0.1) is 5.92 Å². The van der Waals surface area contributed by atoms with Crippen LogP contribution in [-0.2, 0) is 6.54 Å². The smallest absolute Gasteiger partial charge is 0.0445 e. The van der Waals surface area contributed by atoms with Gasteiger partial charge in [-0.2, -0.15) is 0 Å². The Labute approximate surface area is 106 Å². The molecule has 1 rings (SSSR count). The topological polar surface area (TPSA) is 32.3 Å². The van der Waals surface area contributed by atoms with Crippen LogP contribution in [0.4, 0.5) is 0 Å². The Morgan fingerprint density at radius 1 is 1.31 bits per heavy atom. The molecule has 1 atom stereocenters. The molecule has 90 valence electrons. The SMILES string of the molecule is CC(C)C(CCO)NCc1ccccc1Br. The van der Waals surface area contributed by atoms with Crippen molar-refractivity contribution in [3.63, 3.8) is 0 Å². The van der Waals surface area contributed by atoms with Gasteiger partial charge in [-0.25, -0.2) is 0 Å². The zero-order valence-corrected chi connectivity index (χ0v) is 11.5. The monoisotopic (exact) mass is 285 g/mol. The van der Waals surface area contributed by atoms with E-state index < -0.39 is 0 Å². The third kappa shape index (κ3) is 4.24. The minimum atomic E-state index is 0.242. The van der Waals surface area contributed by atoms with Gasteiger partial charge in [0.15, 0.2) is 0 Å². The maximum Gasteiger partial charge on any atom is 0.0445 e. The number of aliphatic hydroxyl groups excluding tert-OH is 1. The summed E-state index contributed by atoms with van der Waals surface area (Å²) in [4.78, 5) is 0. The van der Waals surface area contributed by atoms with Gasteiger partial charge < -0.3 is 10.4 Å². The molecule has 0 aliphatic heterocycles. The van der Waals surface area contributed by atoms with E-state index in [0.29, 0.717) is 12.0 Å². The molecule has 1 unspecified atom stereocenters. The van der Waals surface area contributed by atoms with E-state index in [1.54, 1.807) is 0 Å². The molecule has 2 nitrogen and oxygen atoms in total. The lowest BCUT2D eigenvalue weighted by molar-refractivity contribution is 0.244. The summed E-state index contributed by atoms with van der Waals surface area (Å²) in [6.45, 7) is 5.43. The molecule has 0 saturated carbocycles. The third-order valence-corrected chi connectivity index (χ3v) is 3.53. The van der Waals surface area contributed by atoms with E-state index in [1.807, 2.05) is 18.2 Å². The van der Waals surface area contributed by atoms with E-state index in [4.69, 9.17) is 5.11 Å². The fourth-order valence-electron chi connectivity index (χ4n) is 1.69. The first-order valence-electron chi connectivity index (χ1n) is 5.72. The molecule has 0 fully saturated rings. The van der Waals surface area contributed by atoms with Crippen molar-refractivity contribution in [2.75, 3.05) is 6.61 Å². The lowest BCUT2D eigenvalue weighted by atomic mass is 10.0. The molecule has 0 amide bonds. The summed E-state index contributed by atoms with van der Waals surface area (Å²) >= 11 is 3.53. The molecule has 0 aromatic heterocycles. The molecule has 0 saturated heterocycles. The highest BCUT2D eigenvalue weighted by atomic mass is 79.9. The van der Waals surface area contributed by atoms with E-state index in [9.17, 15) is 0 Å². The molecule has 1 aromatic rings. The van der Waals surface area contributed by atoms with Crippen molar-refractivity contribution in [1.29, 1.82) is 0 Å². The molecule has 0 aliphatic carbocycles. The van der Waals surface area contributed by atoms with Crippen molar-refractivity contribution >= 4 is 15.9 Å². The van der Waals surface area contributed by atoms with Gasteiger partial charge in [0.05, 0.1) is 0 Å². The molecular formula is C13H20BrNO. The molecule has 16 heavy (non-hydrogen) atoms. The van der Waals surface area contributed by atoms with Crippen LogP contribution in [0.5, 0.6) is 0 Å². The van der Waals surface area contributed by atoms with Gasteiger partial charge in [0.25, 0.3) is 0 Å². The Balaban J connectivity index is 2.52. The van der Waals surface area contributed by atoms with Gasteiger partial charge >= 0.3 is 0 Å². The van der Waals surface area contributed by atoms with Gasteiger partial charge in [0.2, 0.25) is 0 Å². The predicted octanol–water partition coefficient (Wildman–Crippen LogP) is 2.95. The van der Waals surface area contributed by atoms with Gasteiger partial charge in [0.1, 0.15) is 0 Å². The van der Waals surface area contributed by atoms with Gasteiger partial charge in [-0.1, -0.05) is 48.0 Å². The molecule has 0 radical (unpaired) electrons. The Kier molecular flexibility index (Phi) is 6.03. The quantitative estimate of drug-likeness (QED) is 0.842. The van der Waals surface area contributed by atoms with Gasteiger partial charge in [-0.15, -0.1) is 0 Å². The van der Waals surface area contributed by atoms with E-state index in [2.05, 4.69) is 41.2 Å². The Morgan fingerprint density at radius 3 is 2.56 bits per heavy atom. The zero-order chi connectivity index (χ0) is 12.0. The van der Waals surface area contributed by atoms with E-state index in [1.165, 1.54) is 5.56 Å². The number of hydrogen-bond donors (Lipinski definition) is 2. The van der Waals surface area contributed by atoms with Crippen molar-refractivity contribution in [2.45, 2.75) is 32.9 Å². The number of nitrogens with one attached hydrogen (secondary N) is 1. The van der Waals surface area contributed by atoms with Crippen LogP contribution >= 0.6 is 15.9 Å². The predicted molar refractivity (Wildman–Crippen MR) is 71.3 cm³/mol. The lowest BCUT2D eigenvalue weighted by Gasteiger charge is -2.21. The Morgan fingerprint density at radius 2 is 2.00 bits per heavy atom. The molecule has 0 heterocycles. The second-order valence-corrected chi connectivity index (χ2v) is 5.19. The van der Waals surface area contributed by atoms with E-state index in [-0.39, 0.29) is 6.61 Å². The Hall–Kier alpha value is -0.380. The van der Waals surface area contributed by atoms with Gasteiger partial charge in [-0.3, -0.25) is 0 Å². The number of hydrogen-bond acceptors (Lipinski definition) is 2. The number of benzene rings is 1. The number of halogens is 1. The average molecular weight is 286 g/mol. The molecule has 1 aromatic carbocycles. The highest BCUT2D eigenvalue weighted by Gasteiger charge is 2.12. The van der Waals surface area contributed by atoms with Crippen molar-refractivity contribution < 1.29 is 5.11 Å². The van der Waals surface area contributed by atoms with Crippen LogP contribution in [0.15, 0.2) is 28.7 Å². The molecule has 0 spiro atoms. The van der Waals surface area contributed by atoms with Crippen LogP contribution in [0.1, 0.15) is 25.8 Å². The second kappa shape index (κ2) is 7.05. The van der Waals surface area contributed by atoms with Crippen LogP contribution in [0.3, 0.4) is 0 Å². The first-order chi connectivity index (χ1) is 7.65. The standard InChI is InChI=1S/C13H20BrNO/c1-10(2)13(7-8-16)15-9-11-5-3-4-6-12(11)14/h3-6,10,13,15-16H,7-9H2,1-2H3. The molecule has 0 aliphatic rings. The lowest BCUT2D eigenvalue weighted by Crippen LogP contribution is -2.34. The van der Waals surface area contributed by atoms with Crippen molar-refractivity contribution in [2.24, 2.45) is 5.92 Å². The number of aliphatic hydroxyl groups is 1. The summed E-state index contributed by atoms with van der Waals surface area (Å²) in [5, 5.41) is 12.5. The summed E-state index contributed by atoms with van der Waals surface area (Å²) in [6, 6.07) is 8.58.